The zero-order valence-electron chi connectivity index (χ0n) is 16.9. The van der Waals surface area contributed by atoms with Crippen molar-refractivity contribution in [3.8, 4) is 0 Å². The van der Waals surface area contributed by atoms with Crippen molar-refractivity contribution in [2.24, 2.45) is 0 Å². The minimum Gasteiger partial charge on any atom is -0.832 e. The Balaban J connectivity index is 0. The highest BCUT2D eigenvalue weighted by molar-refractivity contribution is 6.28. The van der Waals surface area contributed by atoms with Crippen molar-refractivity contribution in [2.75, 3.05) is 27.7 Å². The lowest BCUT2D eigenvalue weighted by atomic mass is 10.0. The van der Waals surface area contributed by atoms with E-state index in [1.54, 1.807) is 0 Å². The lowest BCUT2D eigenvalue weighted by Crippen LogP contribution is -2.35. The van der Waals surface area contributed by atoms with Gasteiger partial charge in [-0.25, -0.2) is 0 Å². The summed E-state index contributed by atoms with van der Waals surface area (Å²) in [7, 11) is 4.47. The molecule has 0 aliphatic rings. The molecular weight excluding hydrogens is 301 g/mol. The SMILES string of the molecule is CCCCCCCCCCCCCCCC[N+](C)(C)C.[O-]B(O)O. The molecule has 146 valence electrons. The Morgan fingerprint density at radius 2 is 0.875 bits per heavy atom. The van der Waals surface area contributed by atoms with Crippen LogP contribution >= 0.6 is 0 Å². The molecule has 0 amide bonds. The van der Waals surface area contributed by atoms with Gasteiger partial charge in [0.25, 0.3) is 0 Å². The molecule has 0 aliphatic carbocycles. The Bertz CT molecular complexity index is 230. The van der Waals surface area contributed by atoms with Crippen LogP contribution in [-0.2, 0) is 0 Å². The summed E-state index contributed by atoms with van der Waals surface area (Å²) in [5.41, 5.74) is 0. The van der Waals surface area contributed by atoms with Crippen molar-refractivity contribution >= 4 is 7.32 Å². The second kappa shape index (κ2) is 19.2. The molecule has 0 atom stereocenters. The van der Waals surface area contributed by atoms with Gasteiger partial charge in [0.2, 0.25) is 0 Å². The first-order valence-corrected chi connectivity index (χ1v) is 10.1. The molecule has 0 bridgehead atoms. The van der Waals surface area contributed by atoms with Gasteiger partial charge in [-0.1, -0.05) is 84.0 Å². The molecule has 0 aromatic heterocycles. The summed E-state index contributed by atoms with van der Waals surface area (Å²) in [5, 5.41) is 22.8. The van der Waals surface area contributed by atoms with Crippen LogP contribution in [0.3, 0.4) is 0 Å². The first-order valence-electron chi connectivity index (χ1n) is 10.1. The average molecular weight is 345 g/mol. The van der Waals surface area contributed by atoms with Gasteiger partial charge in [-0.2, -0.15) is 0 Å². The predicted octanol–water partition coefficient (Wildman–Crippen LogP) is 3.49. The number of hydrogen-bond donors (Lipinski definition) is 2. The van der Waals surface area contributed by atoms with Gasteiger partial charge < -0.3 is 19.6 Å². The maximum atomic E-state index is 8.64. The first kappa shape index (κ1) is 26.1. The highest BCUT2D eigenvalue weighted by Crippen LogP contribution is 2.13. The van der Waals surface area contributed by atoms with Crippen molar-refractivity contribution in [1.82, 2.24) is 0 Å². The van der Waals surface area contributed by atoms with E-state index in [-0.39, 0.29) is 0 Å². The lowest BCUT2D eigenvalue weighted by Gasteiger charge is -2.23. The Labute approximate surface area is 152 Å². The van der Waals surface area contributed by atoms with Gasteiger partial charge in [0.05, 0.1) is 27.7 Å². The van der Waals surface area contributed by atoms with Gasteiger partial charge in [-0.15, -0.1) is 0 Å². The predicted molar refractivity (Wildman–Crippen MR) is 103 cm³/mol. The molecular formula is C19H44BNO3. The Morgan fingerprint density at radius 1 is 0.625 bits per heavy atom. The summed E-state index contributed by atoms with van der Waals surface area (Å²) in [6.07, 6.45) is 20.4. The van der Waals surface area contributed by atoms with Crippen LogP contribution in [0.15, 0.2) is 0 Å². The van der Waals surface area contributed by atoms with Crippen LogP contribution in [0.5, 0.6) is 0 Å². The minimum atomic E-state index is -2.42. The third kappa shape index (κ3) is 33.5. The maximum Gasteiger partial charge on any atom is 0.339 e. The Hall–Kier alpha value is -0.0951. The summed E-state index contributed by atoms with van der Waals surface area (Å²) in [5.74, 6) is 0. The monoisotopic (exact) mass is 345 g/mol. The molecule has 4 nitrogen and oxygen atoms in total. The van der Waals surface area contributed by atoms with E-state index in [0.29, 0.717) is 0 Å². The van der Waals surface area contributed by atoms with E-state index in [1.807, 2.05) is 0 Å². The third-order valence-corrected chi connectivity index (χ3v) is 4.18. The molecule has 0 saturated carbocycles. The topological polar surface area (TPSA) is 63.5 Å². The number of rotatable bonds is 15. The largest absolute Gasteiger partial charge is 0.832 e. The van der Waals surface area contributed by atoms with E-state index in [9.17, 15) is 0 Å². The van der Waals surface area contributed by atoms with Gasteiger partial charge in [-0.05, 0) is 12.8 Å². The van der Waals surface area contributed by atoms with Crippen LogP contribution in [0.2, 0.25) is 0 Å². The molecule has 5 heteroatoms. The van der Waals surface area contributed by atoms with E-state index in [2.05, 4.69) is 28.1 Å². The van der Waals surface area contributed by atoms with Gasteiger partial charge >= 0.3 is 7.32 Å². The molecule has 2 N–H and O–H groups in total. The van der Waals surface area contributed by atoms with Crippen LogP contribution in [-0.4, -0.2) is 49.5 Å². The van der Waals surface area contributed by atoms with E-state index in [4.69, 9.17) is 15.1 Å². The second-order valence-corrected chi connectivity index (χ2v) is 7.94. The zero-order valence-corrected chi connectivity index (χ0v) is 16.9. The van der Waals surface area contributed by atoms with E-state index < -0.39 is 7.32 Å². The lowest BCUT2D eigenvalue weighted by molar-refractivity contribution is -0.870. The number of unbranched alkanes of at least 4 members (excludes halogenated alkanes) is 13. The molecule has 0 unspecified atom stereocenters. The van der Waals surface area contributed by atoms with Gasteiger partial charge in [-0.3, -0.25) is 0 Å². The van der Waals surface area contributed by atoms with Crippen molar-refractivity contribution in [3.63, 3.8) is 0 Å². The van der Waals surface area contributed by atoms with Crippen LogP contribution in [0.4, 0.5) is 0 Å². The van der Waals surface area contributed by atoms with Crippen molar-refractivity contribution in [1.29, 1.82) is 0 Å². The molecule has 24 heavy (non-hydrogen) atoms. The van der Waals surface area contributed by atoms with E-state index >= 15 is 0 Å². The summed E-state index contributed by atoms with van der Waals surface area (Å²) < 4.78 is 1.12. The number of hydrogen-bond acceptors (Lipinski definition) is 3. The quantitative estimate of drug-likeness (QED) is 0.271. The van der Waals surface area contributed by atoms with Crippen LogP contribution < -0.4 is 5.02 Å². The van der Waals surface area contributed by atoms with Crippen molar-refractivity contribution in [2.45, 2.75) is 96.8 Å². The molecule has 0 spiro atoms. The minimum absolute atomic E-state index is 1.12. The molecule has 0 radical (unpaired) electrons. The van der Waals surface area contributed by atoms with Gasteiger partial charge in [0, 0.05) is 0 Å². The van der Waals surface area contributed by atoms with E-state index in [0.717, 1.165) is 4.48 Å². The molecule has 0 rings (SSSR count). The fourth-order valence-corrected chi connectivity index (χ4v) is 2.78. The fraction of sp³-hybridized carbons (Fsp3) is 1.00. The Morgan fingerprint density at radius 3 is 1.12 bits per heavy atom. The van der Waals surface area contributed by atoms with Crippen LogP contribution in [0.25, 0.3) is 0 Å². The highest BCUT2D eigenvalue weighted by atomic mass is 16.5. The van der Waals surface area contributed by atoms with E-state index in [1.165, 1.54) is 96.4 Å². The summed E-state index contributed by atoms with van der Waals surface area (Å²) in [6, 6.07) is 0. The molecule has 0 saturated heterocycles. The smallest absolute Gasteiger partial charge is 0.339 e. The third-order valence-electron chi connectivity index (χ3n) is 4.18. The van der Waals surface area contributed by atoms with Gasteiger partial charge in [0.15, 0.2) is 0 Å². The normalized spacial score (nSPS) is 11.1. The summed E-state index contributed by atoms with van der Waals surface area (Å²) in [6.45, 7) is 3.63. The van der Waals surface area contributed by atoms with Crippen molar-refractivity contribution in [3.05, 3.63) is 0 Å². The molecule has 0 heterocycles. The zero-order chi connectivity index (χ0) is 18.7. The highest BCUT2D eigenvalue weighted by Gasteiger charge is 2.04. The average Bonchev–Trinajstić information content (AvgIpc) is 2.46. The second-order valence-electron chi connectivity index (χ2n) is 7.94. The van der Waals surface area contributed by atoms with Crippen LogP contribution in [0, 0.1) is 0 Å². The number of quaternary nitrogens is 1. The molecule has 0 fully saturated rings. The standard InChI is InChI=1S/C19H42N.BH2O3/c1-5-6-7-8-9-10-11-12-13-14-15-16-17-18-19-20(2,3)4;2-1(3)4/h5-19H2,1-4H3;2-3H/q+1;-1. The molecule has 0 aliphatic heterocycles. The van der Waals surface area contributed by atoms with Crippen LogP contribution in [0.1, 0.15) is 96.8 Å². The maximum absolute atomic E-state index is 8.64. The van der Waals surface area contributed by atoms with Crippen molar-refractivity contribution < 1.29 is 19.6 Å². The Kier molecular flexibility index (Phi) is 20.9. The molecule has 0 aromatic rings. The van der Waals surface area contributed by atoms with Gasteiger partial charge in [0.1, 0.15) is 0 Å². The fourth-order valence-electron chi connectivity index (χ4n) is 2.78. The first-order chi connectivity index (χ1) is 11.3. The summed E-state index contributed by atoms with van der Waals surface area (Å²) >= 11 is 0. The number of nitrogens with zero attached hydrogens (tertiary/aromatic N) is 1. The molecule has 0 aromatic carbocycles. The summed E-state index contributed by atoms with van der Waals surface area (Å²) in [4.78, 5) is 0.